The van der Waals surface area contributed by atoms with Gasteiger partial charge >= 0.3 is 0 Å². The van der Waals surface area contributed by atoms with Gasteiger partial charge in [-0.15, -0.1) is 0 Å². The Labute approximate surface area is 136 Å². The topological polar surface area (TPSA) is 66.9 Å². The summed E-state index contributed by atoms with van der Waals surface area (Å²) in [6.07, 6.45) is 3.54. The van der Waals surface area contributed by atoms with Crippen LogP contribution in [0.1, 0.15) is 25.5 Å². The molecule has 3 rings (SSSR count). The quantitative estimate of drug-likeness (QED) is 0.915. The molecule has 1 amide bonds. The molecule has 1 saturated heterocycles. The molecule has 5 nitrogen and oxygen atoms in total. The number of benzene rings is 1. The second kappa shape index (κ2) is 6.87. The van der Waals surface area contributed by atoms with E-state index >= 15 is 0 Å². The molecule has 2 N–H and O–H groups in total. The molecule has 0 spiro atoms. The molecular weight excluding hydrogens is 288 g/mol. The maximum atomic E-state index is 12.3. The van der Waals surface area contributed by atoms with Crippen LogP contribution in [-0.4, -0.2) is 28.5 Å². The zero-order chi connectivity index (χ0) is 16.2. The Morgan fingerprint density at radius 1 is 1.26 bits per heavy atom. The Balaban J connectivity index is 1.66. The van der Waals surface area contributed by atoms with E-state index < -0.39 is 0 Å². The highest BCUT2D eigenvalue weighted by atomic mass is 16.1. The lowest BCUT2D eigenvalue weighted by Crippen LogP contribution is -2.40. The summed E-state index contributed by atoms with van der Waals surface area (Å²) in [6.45, 7) is 4.97. The van der Waals surface area contributed by atoms with Gasteiger partial charge in [0.15, 0.2) is 5.82 Å². The highest BCUT2D eigenvalue weighted by Crippen LogP contribution is 2.21. The van der Waals surface area contributed by atoms with Crippen LogP contribution in [0.4, 0.5) is 5.69 Å². The predicted octanol–water partition coefficient (Wildman–Crippen LogP) is 2.78. The minimum absolute atomic E-state index is 0.0889. The molecule has 1 aliphatic rings. The van der Waals surface area contributed by atoms with Gasteiger partial charge in [-0.05, 0) is 63.6 Å². The van der Waals surface area contributed by atoms with Crippen molar-refractivity contribution in [1.29, 1.82) is 0 Å². The van der Waals surface area contributed by atoms with E-state index in [1.54, 1.807) is 6.20 Å². The van der Waals surface area contributed by atoms with Gasteiger partial charge in [0.05, 0.1) is 0 Å². The van der Waals surface area contributed by atoms with Gasteiger partial charge in [0.1, 0.15) is 0 Å². The van der Waals surface area contributed by atoms with Gasteiger partial charge in [0.25, 0.3) is 0 Å². The molecule has 2 aromatic rings. The summed E-state index contributed by atoms with van der Waals surface area (Å²) in [7, 11) is 0. The molecule has 1 aromatic heterocycles. The fourth-order valence-electron chi connectivity index (χ4n) is 2.91. The predicted molar refractivity (Wildman–Crippen MR) is 91.0 cm³/mol. The standard InChI is InChI=1S/C18H22N4O/c1-12-7-9-20-17(21-12)14-3-5-16(6-4-14)22-18(23)15-8-10-19-13(2)11-15/h3-7,9,13,15,19H,8,10-11H2,1-2H3,(H,22,23)/t13-,15-/m0/s1. The van der Waals surface area contributed by atoms with E-state index in [0.29, 0.717) is 11.9 Å². The van der Waals surface area contributed by atoms with Crippen molar-refractivity contribution in [2.24, 2.45) is 5.92 Å². The number of aryl methyl sites for hydroxylation is 1. The third-order valence-corrected chi connectivity index (χ3v) is 4.20. The van der Waals surface area contributed by atoms with Crippen LogP contribution in [0.25, 0.3) is 11.4 Å². The van der Waals surface area contributed by atoms with Crippen LogP contribution in [0.5, 0.6) is 0 Å². The summed E-state index contributed by atoms with van der Waals surface area (Å²) in [6, 6.07) is 9.97. The zero-order valence-electron chi connectivity index (χ0n) is 13.5. The monoisotopic (exact) mass is 310 g/mol. The van der Waals surface area contributed by atoms with Crippen LogP contribution in [0, 0.1) is 12.8 Å². The highest BCUT2D eigenvalue weighted by molar-refractivity contribution is 5.92. The van der Waals surface area contributed by atoms with E-state index in [-0.39, 0.29) is 11.8 Å². The molecule has 5 heteroatoms. The number of carbonyl (C=O) groups excluding carboxylic acids is 1. The number of rotatable bonds is 3. The average Bonchev–Trinajstić information content (AvgIpc) is 2.55. The van der Waals surface area contributed by atoms with Gasteiger partial charge in [0.2, 0.25) is 5.91 Å². The molecule has 0 radical (unpaired) electrons. The number of amides is 1. The summed E-state index contributed by atoms with van der Waals surface area (Å²) in [5.41, 5.74) is 2.70. The summed E-state index contributed by atoms with van der Waals surface area (Å²) in [5, 5.41) is 6.38. The molecule has 2 heterocycles. The van der Waals surface area contributed by atoms with Crippen molar-refractivity contribution < 1.29 is 4.79 Å². The molecular formula is C18H22N4O. The SMILES string of the molecule is Cc1ccnc(-c2ccc(NC(=O)[C@H]3CCN[C@@H](C)C3)cc2)n1. The summed E-state index contributed by atoms with van der Waals surface area (Å²) < 4.78 is 0. The maximum absolute atomic E-state index is 12.3. The van der Waals surface area contributed by atoms with Crippen molar-refractivity contribution in [3.05, 3.63) is 42.2 Å². The highest BCUT2D eigenvalue weighted by Gasteiger charge is 2.24. The number of piperidine rings is 1. The number of nitrogens with zero attached hydrogens (tertiary/aromatic N) is 2. The average molecular weight is 310 g/mol. The molecule has 1 aliphatic heterocycles. The Morgan fingerprint density at radius 3 is 2.74 bits per heavy atom. The zero-order valence-corrected chi connectivity index (χ0v) is 13.5. The van der Waals surface area contributed by atoms with Gasteiger partial charge in [-0.2, -0.15) is 0 Å². The number of hydrogen-bond acceptors (Lipinski definition) is 4. The van der Waals surface area contributed by atoms with E-state index in [9.17, 15) is 4.79 Å². The third-order valence-electron chi connectivity index (χ3n) is 4.20. The Hall–Kier alpha value is -2.27. The molecule has 0 unspecified atom stereocenters. The Bertz CT molecular complexity index is 684. The van der Waals surface area contributed by atoms with Crippen LogP contribution >= 0.6 is 0 Å². The van der Waals surface area contributed by atoms with Crippen LogP contribution < -0.4 is 10.6 Å². The Morgan fingerprint density at radius 2 is 2.04 bits per heavy atom. The number of nitrogens with one attached hydrogen (secondary N) is 2. The molecule has 0 saturated carbocycles. The van der Waals surface area contributed by atoms with Crippen molar-refractivity contribution in [3.63, 3.8) is 0 Å². The first-order valence-electron chi connectivity index (χ1n) is 8.06. The van der Waals surface area contributed by atoms with Gasteiger partial charge in [0, 0.05) is 35.1 Å². The second-order valence-corrected chi connectivity index (χ2v) is 6.16. The normalized spacial score (nSPS) is 21.0. The van der Waals surface area contributed by atoms with Crippen LogP contribution in [0.15, 0.2) is 36.5 Å². The van der Waals surface area contributed by atoms with Crippen molar-refractivity contribution in [2.45, 2.75) is 32.7 Å². The second-order valence-electron chi connectivity index (χ2n) is 6.16. The molecule has 1 fully saturated rings. The lowest BCUT2D eigenvalue weighted by molar-refractivity contribution is -0.120. The van der Waals surface area contributed by atoms with Crippen LogP contribution in [0.2, 0.25) is 0 Å². The van der Waals surface area contributed by atoms with Gasteiger partial charge in [-0.3, -0.25) is 4.79 Å². The summed E-state index contributed by atoms with van der Waals surface area (Å²) in [5.74, 6) is 0.902. The van der Waals surface area contributed by atoms with Crippen molar-refractivity contribution in [3.8, 4) is 11.4 Å². The first kappa shape index (κ1) is 15.6. The lowest BCUT2D eigenvalue weighted by atomic mass is 9.92. The number of carbonyl (C=O) groups is 1. The van der Waals surface area contributed by atoms with Gasteiger partial charge < -0.3 is 10.6 Å². The van der Waals surface area contributed by atoms with Crippen molar-refractivity contribution in [1.82, 2.24) is 15.3 Å². The van der Waals surface area contributed by atoms with E-state index in [1.807, 2.05) is 37.3 Å². The maximum Gasteiger partial charge on any atom is 0.227 e. The molecule has 0 bridgehead atoms. The molecule has 0 aliphatic carbocycles. The fraction of sp³-hybridized carbons (Fsp3) is 0.389. The van der Waals surface area contributed by atoms with E-state index in [0.717, 1.165) is 36.3 Å². The summed E-state index contributed by atoms with van der Waals surface area (Å²) >= 11 is 0. The fourth-order valence-corrected chi connectivity index (χ4v) is 2.91. The molecule has 120 valence electrons. The minimum Gasteiger partial charge on any atom is -0.326 e. The van der Waals surface area contributed by atoms with E-state index in [4.69, 9.17) is 0 Å². The Kier molecular flexibility index (Phi) is 4.67. The first-order valence-corrected chi connectivity index (χ1v) is 8.06. The van der Waals surface area contributed by atoms with E-state index in [2.05, 4.69) is 27.5 Å². The van der Waals surface area contributed by atoms with E-state index in [1.165, 1.54) is 0 Å². The molecule has 2 atom stereocenters. The number of hydrogen-bond donors (Lipinski definition) is 2. The summed E-state index contributed by atoms with van der Waals surface area (Å²) in [4.78, 5) is 21.0. The van der Waals surface area contributed by atoms with Gasteiger partial charge in [-0.25, -0.2) is 9.97 Å². The number of anilines is 1. The largest absolute Gasteiger partial charge is 0.326 e. The number of aromatic nitrogens is 2. The minimum atomic E-state index is 0.0889. The molecule has 23 heavy (non-hydrogen) atoms. The van der Waals surface area contributed by atoms with Crippen molar-refractivity contribution in [2.75, 3.05) is 11.9 Å². The van der Waals surface area contributed by atoms with Gasteiger partial charge in [-0.1, -0.05) is 0 Å². The van der Waals surface area contributed by atoms with Crippen molar-refractivity contribution >= 4 is 11.6 Å². The van der Waals surface area contributed by atoms with Crippen LogP contribution in [0.3, 0.4) is 0 Å². The lowest BCUT2D eigenvalue weighted by Gasteiger charge is -2.27. The molecule has 1 aromatic carbocycles. The third kappa shape index (κ3) is 3.93. The smallest absolute Gasteiger partial charge is 0.227 e. The van der Waals surface area contributed by atoms with Crippen LogP contribution in [-0.2, 0) is 4.79 Å². The first-order chi connectivity index (χ1) is 11.1.